The van der Waals surface area contributed by atoms with E-state index in [0.29, 0.717) is 24.4 Å². The molecule has 29 heavy (non-hydrogen) atoms. The molecule has 1 fully saturated rings. The molecule has 1 saturated carbocycles. The van der Waals surface area contributed by atoms with E-state index in [-0.39, 0.29) is 24.3 Å². The molecule has 0 aromatic heterocycles. The quantitative estimate of drug-likeness (QED) is 0.745. The fourth-order valence-electron chi connectivity index (χ4n) is 6.20. The summed E-state index contributed by atoms with van der Waals surface area (Å²) in [6, 6.07) is 5.75. The number of rotatable bonds is 2. The summed E-state index contributed by atoms with van der Waals surface area (Å²) < 4.78 is 14.5. The number of amidine groups is 1. The second-order valence-electron chi connectivity index (χ2n) is 10.2. The van der Waals surface area contributed by atoms with E-state index in [9.17, 15) is 14.3 Å². The van der Waals surface area contributed by atoms with Gasteiger partial charge in [-0.1, -0.05) is 19.9 Å². The lowest BCUT2D eigenvalue weighted by molar-refractivity contribution is -0.142. The number of fused-ring (bicyclic) bond motifs is 3. The number of aliphatic hydroxyl groups excluding tert-OH is 1. The van der Waals surface area contributed by atoms with Crippen LogP contribution in [-0.4, -0.2) is 40.1 Å². The van der Waals surface area contributed by atoms with Crippen molar-refractivity contribution in [2.75, 3.05) is 12.3 Å². The first kappa shape index (κ1) is 20.3. The molecule has 3 aliphatic rings. The normalized spacial score (nSPS) is 36.8. The van der Waals surface area contributed by atoms with Crippen LogP contribution in [0.5, 0.6) is 0 Å². The summed E-state index contributed by atoms with van der Waals surface area (Å²) in [5, 5.41) is 10.6. The molecule has 158 valence electrons. The maximum absolute atomic E-state index is 14.5. The van der Waals surface area contributed by atoms with E-state index in [4.69, 9.17) is 10.7 Å². The highest BCUT2D eigenvalue weighted by atomic mass is 19.1. The number of carbonyl (C=O) groups excluding carboxylic acids is 1. The molecule has 0 saturated heterocycles. The number of nitrogens with two attached hydrogens (primary N) is 1. The number of hydrogen-bond acceptors (Lipinski definition) is 4. The molecule has 1 aromatic carbocycles. The molecule has 1 aliphatic heterocycles. The Labute approximate surface area is 172 Å². The van der Waals surface area contributed by atoms with Crippen LogP contribution >= 0.6 is 0 Å². The van der Waals surface area contributed by atoms with E-state index in [1.165, 1.54) is 18.7 Å². The standard InChI is InChI=1S/C23H32FN3O2/c1-13-9-22(10-14(2)19(13)28)11-16-6-7-17(25)8-18(16)23(22)20(29)27(15(3)26-23)12-21(4,5)24/h6-8,13-14,19,28H,9-12,25H2,1-5H3/t13-,14+,19?,22?,23-/m1/s1. The molecule has 2 aliphatic carbocycles. The van der Waals surface area contributed by atoms with Crippen LogP contribution in [-0.2, 0) is 16.8 Å². The van der Waals surface area contributed by atoms with Gasteiger partial charge < -0.3 is 10.8 Å². The van der Waals surface area contributed by atoms with Crippen LogP contribution in [0.4, 0.5) is 10.1 Å². The summed E-state index contributed by atoms with van der Waals surface area (Å²) in [4.78, 5) is 20.5. The van der Waals surface area contributed by atoms with Crippen LogP contribution in [0.3, 0.4) is 0 Å². The molecule has 1 aromatic rings. The number of anilines is 1. The summed E-state index contributed by atoms with van der Waals surface area (Å²) in [5.74, 6) is 0.511. The van der Waals surface area contributed by atoms with E-state index in [2.05, 4.69) is 0 Å². The average molecular weight is 402 g/mol. The number of benzene rings is 1. The van der Waals surface area contributed by atoms with Crippen molar-refractivity contribution in [1.82, 2.24) is 4.90 Å². The number of aliphatic imine (C=N–C) groups is 1. The maximum Gasteiger partial charge on any atom is 0.261 e. The van der Waals surface area contributed by atoms with Gasteiger partial charge in [0.25, 0.3) is 5.91 Å². The Morgan fingerprint density at radius 1 is 1.31 bits per heavy atom. The monoisotopic (exact) mass is 401 g/mol. The third kappa shape index (κ3) is 2.82. The van der Waals surface area contributed by atoms with Crippen molar-refractivity contribution in [1.29, 1.82) is 0 Å². The first-order valence-corrected chi connectivity index (χ1v) is 10.5. The van der Waals surface area contributed by atoms with Crippen LogP contribution in [0.2, 0.25) is 0 Å². The Hall–Kier alpha value is -1.95. The lowest BCUT2D eigenvalue weighted by Gasteiger charge is -2.49. The second-order valence-corrected chi connectivity index (χ2v) is 10.2. The van der Waals surface area contributed by atoms with Crippen molar-refractivity contribution in [3.8, 4) is 0 Å². The topological polar surface area (TPSA) is 78.9 Å². The van der Waals surface area contributed by atoms with E-state index < -0.39 is 22.7 Å². The van der Waals surface area contributed by atoms with Gasteiger partial charge in [-0.05, 0) is 75.1 Å². The largest absolute Gasteiger partial charge is 0.399 e. The van der Waals surface area contributed by atoms with Crippen molar-refractivity contribution in [3.05, 3.63) is 29.3 Å². The fraction of sp³-hybridized carbons (Fsp3) is 0.652. The van der Waals surface area contributed by atoms with Gasteiger partial charge >= 0.3 is 0 Å². The van der Waals surface area contributed by atoms with Crippen molar-refractivity contribution in [2.24, 2.45) is 22.2 Å². The van der Waals surface area contributed by atoms with Gasteiger partial charge in [-0.3, -0.25) is 14.7 Å². The highest BCUT2D eigenvalue weighted by Crippen LogP contribution is 2.63. The zero-order valence-corrected chi connectivity index (χ0v) is 18.0. The predicted molar refractivity (Wildman–Crippen MR) is 112 cm³/mol. The van der Waals surface area contributed by atoms with Crippen molar-refractivity contribution in [2.45, 2.75) is 71.2 Å². The number of alkyl halides is 1. The van der Waals surface area contributed by atoms with Crippen LogP contribution in [0.15, 0.2) is 23.2 Å². The summed E-state index contributed by atoms with van der Waals surface area (Å²) in [6.07, 6.45) is 1.72. The van der Waals surface area contributed by atoms with Crippen molar-refractivity contribution >= 4 is 17.4 Å². The minimum absolute atomic E-state index is 0.0234. The summed E-state index contributed by atoms with van der Waals surface area (Å²) in [5.41, 5.74) is 5.62. The number of halogens is 1. The fourth-order valence-corrected chi connectivity index (χ4v) is 6.20. The average Bonchev–Trinajstić information content (AvgIpc) is 2.99. The molecule has 5 atom stereocenters. The Kier molecular flexibility index (Phi) is 4.40. The Balaban J connectivity index is 1.90. The Bertz CT molecular complexity index is 879. The van der Waals surface area contributed by atoms with Gasteiger partial charge in [-0.2, -0.15) is 0 Å². The number of carbonyl (C=O) groups is 1. The van der Waals surface area contributed by atoms with E-state index in [1.807, 2.05) is 32.0 Å². The van der Waals surface area contributed by atoms with Gasteiger partial charge in [0.2, 0.25) is 0 Å². The maximum atomic E-state index is 14.5. The molecule has 1 heterocycles. The smallest absolute Gasteiger partial charge is 0.261 e. The minimum Gasteiger partial charge on any atom is -0.399 e. The highest BCUT2D eigenvalue weighted by molar-refractivity contribution is 6.09. The van der Waals surface area contributed by atoms with Gasteiger partial charge in [0, 0.05) is 11.1 Å². The molecular weight excluding hydrogens is 369 g/mol. The molecule has 0 bridgehead atoms. The molecular formula is C23H32FN3O2. The zero-order chi connectivity index (χ0) is 21.4. The minimum atomic E-state index is -1.52. The van der Waals surface area contributed by atoms with Gasteiger partial charge in [0.1, 0.15) is 11.5 Å². The van der Waals surface area contributed by atoms with E-state index >= 15 is 0 Å². The van der Waals surface area contributed by atoms with E-state index in [0.717, 1.165) is 17.5 Å². The number of amides is 1. The molecule has 0 radical (unpaired) electrons. The summed E-state index contributed by atoms with van der Waals surface area (Å²) >= 11 is 0. The van der Waals surface area contributed by atoms with Gasteiger partial charge in [-0.15, -0.1) is 0 Å². The van der Waals surface area contributed by atoms with Gasteiger partial charge in [0.05, 0.1) is 12.6 Å². The third-order valence-electron chi connectivity index (χ3n) is 7.22. The molecule has 2 spiro atoms. The lowest BCUT2D eigenvalue weighted by Crippen LogP contribution is -2.55. The van der Waals surface area contributed by atoms with Crippen LogP contribution in [0.1, 0.15) is 58.6 Å². The van der Waals surface area contributed by atoms with Crippen LogP contribution in [0.25, 0.3) is 0 Å². The molecule has 4 rings (SSSR count). The Morgan fingerprint density at radius 2 is 1.93 bits per heavy atom. The second kappa shape index (κ2) is 6.27. The molecule has 6 heteroatoms. The molecule has 3 N–H and O–H groups in total. The van der Waals surface area contributed by atoms with Crippen LogP contribution in [0, 0.1) is 17.3 Å². The number of nitrogens with zero attached hydrogens (tertiary/aromatic N) is 2. The zero-order valence-electron chi connectivity index (χ0n) is 18.0. The van der Waals surface area contributed by atoms with Crippen molar-refractivity contribution < 1.29 is 14.3 Å². The Morgan fingerprint density at radius 3 is 2.52 bits per heavy atom. The van der Waals surface area contributed by atoms with Gasteiger partial charge in [0.15, 0.2) is 5.54 Å². The third-order valence-corrected chi connectivity index (χ3v) is 7.22. The number of nitrogen functional groups attached to an aromatic ring is 1. The van der Waals surface area contributed by atoms with E-state index in [1.54, 1.807) is 6.92 Å². The summed E-state index contributed by atoms with van der Waals surface area (Å²) in [7, 11) is 0. The number of hydrogen-bond donors (Lipinski definition) is 2. The molecule has 1 amide bonds. The first-order valence-electron chi connectivity index (χ1n) is 10.5. The highest BCUT2D eigenvalue weighted by Gasteiger charge is 2.67. The van der Waals surface area contributed by atoms with Crippen molar-refractivity contribution in [3.63, 3.8) is 0 Å². The predicted octanol–water partition coefficient (Wildman–Crippen LogP) is 3.44. The first-order chi connectivity index (χ1) is 13.4. The molecule has 5 nitrogen and oxygen atoms in total. The molecule has 2 unspecified atom stereocenters. The van der Waals surface area contributed by atoms with Crippen LogP contribution < -0.4 is 5.73 Å². The van der Waals surface area contributed by atoms with Gasteiger partial charge in [-0.25, -0.2) is 4.39 Å². The lowest BCUT2D eigenvalue weighted by atomic mass is 9.56. The number of aliphatic hydroxyl groups is 1. The SMILES string of the molecule is CC1=N[C@@]2(C(=O)N1CC(C)(C)F)c1cc(N)ccc1CC21C[C@@H](C)C(O)[C@@H](C)C1. The summed E-state index contributed by atoms with van der Waals surface area (Å²) in [6.45, 7) is 8.83.